The van der Waals surface area contributed by atoms with Gasteiger partial charge in [0.2, 0.25) is 5.91 Å². The molecule has 1 aromatic heterocycles. The van der Waals surface area contributed by atoms with E-state index >= 15 is 0 Å². The standard InChI is InChI=1S/C18H17Cl2N5O/c19-6-7-22-18(26)16(21)11-4-5-15-14(8-11)17(24-10-23-15)25-13-3-1-2-12(20)9-13/h1-5,8-10,16H,6-7,21H2,(H,22,26)(H,23,24,25). The maximum Gasteiger partial charge on any atom is 0.241 e. The van der Waals surface area contributed by atoms with Crippen molar-refractivity contribution < 1.29 is 4.79 Å². The molecule has 0 aliphatic rings. The molecule has 4 N–H and O–H groups in total. The largest absolute Gasteiger partial charge is 0.353 e. The van der Waals surface area contributed by atoms with Crippen LogP contribution in [-0.2, 0) is 4.79 Å². The summed E-state index contributed by atoms with van der Waals surface area (Å²) >= 11 is 11.6. The SMILES string of the molecule is NC(C(=O)NCCCl)c1ccc2ncnc(Nc3cccc(Cl)c3)c2c1. The minimum Gasteiger partial charge on any atom is -0.353 e. The molecule has 1 amide bonds. The van der Waals surface area contributed by atoms with E-state index in [0.29, 0.717) is 28.8 Å². The van der Waals surface area contributed by atoms with Crippen LogP contribution in [0.3, 0.4) is 0 Å². The fourth-order valence-electron chi connectivity index (χ4n) is 2.50. The normalized spacial score (nSPS) is 12.0. The molecule has 0 aliphatic heterocycles. The van der Waals surface area contributed by atoms with Gasteiger partial charge in [-0.3, -0.25) is 4.79 Å². The van der Waals surface area contributed by atoms with Crippen molar-refractivity contribution in [1.29, 1.82) is 0 Å². The molecule has 2 aromatic carbocycles. The molecule has 1 unspecified atom stereocenters. The molecule has 0 fully saturated rings. The van der Waals surface area contributed by atoms with Crippen LogP contribution in [0.5, 0.6) is 0 Å². The lowest BCUT2D eigenvalue weighted by Gasteiger charge is -2.14. The van der Waals surface area contributed by atoms with Crippen LogP contribution in [-0.4, -0.2) is 28.3 Å². The number of carbonyl (C=O) groups excluding carboxylic acids is 1. The van der Waals surface area contributed by atoms with Gasteiger partial charge in [-0.25, -0.2) is 9.97 Å². The number of hydrogen-bond acceptors (Lipinski definition) is 5. The van der Waals surface area contributed by atoms with E-state index in [1.165, 1.54) is 6.33 Å². The van der Waals surface area contributed by atoms with E-state index in [2.05, 4.69) is 20.6 Å². The van der Waals surface area contributed by atoms with Gasteiger partial charge in [0, 0.05) is 28.5 Å². The number of carbonyl (C=O) groups is 1. The number of halogens is 2. The van der Waals surface area contributed by atoms with Gasteiger partial charge < -0.3 is 16.4 Å². The molecular formula is C18H17Cl2N5O. The topological polar surface area (TPSA) is 92.9 Å². The third-order valence-electron chi connectivity index (χ3n) is 3.78. The number of amides is 1. The van der Waals surface area contributed by atoms with E-state index in [-0.39, 0.29) is 5.91 Å². The molecule has 0 bridgehead atoms. The number of nitrogens with zero attached hydrogens (tertiary/aromatic N) is 2. The highest BCUT2D eigenvalue weighted by molar-refractivity contribution is 6.30. The first-order valence-electron chi connectivity index (χ1n) is 7.95. The van der Waals surface area contributed by atoms with Crippen LogP contribution in [0.25, 0.3) is 10.9 Å². The molecule has 3 rings (SSSR count). The third-order valence-corrected chi connectivity index (χ3v) is 4.21. The van der Waals surface area contributed by atoms with Gasteiger partial charge in [0.15, 0.2) is 0 Å². The van der Waals surface area contributed by atoms with Crippen LogP contribution >= 0.6 is 23.2 Å². The van der Waals surface area contributed by atoms with Crippen molar-refractivity contribution in [2.45, 2.75) is 6.04 Å². The zero-order valence-electron chi connectivity index (χ0n) is 13.7. The molecule has 0 saturated carbocycles. The monoisotopic (exact) mass is 389 g/mol. The Balaban J connectivity index is 1.93. The number of anilines is 2. The molecule has 0 saturated heterocycles. The van der Waals surface area contributed by atoms with E-state index in [1.807, 2.05) is 24.3 Å². The molecule has 0 spiro atoms. The van der Waals surface area contributed by atoms with Crippen molar-refractivity contribution >= 4 is 51.5 Å². The first-order valence-corrected chi connectivity index (χ1v) is 8.86. The Morgan fingerprint density at radius 2 is 2.04 bits per heavy atom. The number of rotatable bonds is 6. The van der Waals surface area contributed by atoms with Crippen molar-refractivity contribution in [2.24, 2.45) is 5.73 Å². The zero-order chi connectivity index (χ0) is 18.5. The predicted molar refractivity (Wildman–Crippen MR) is 105 cm³/mol. The van der Waals surface area contributed by atoms with Crippen LogP contribution in [0.2, 0.25) is 5.02 Å². The molecule has 26 heavy (non-hydrogen) atoms. The summed E-state index contributed by atoms with van der Waals surface area (Å²) in [7, 11) is 0. The van der Waals surface area contributed by atoms with E-state index in [1.54, 1.807) is 18.2 Å². The van der Waals surface area contributed by atoms with E-state index in [4.69, 9.17) is 28.9 Å². The fraction of sp³-hybridized carbons (Fsp3) is 0.167. The maximum absolute atomic E-state index is 12.1. The number of hydrogen-bond donors (Lipinski definition) is 3. The second-order valence-electron chi connectivity index (χ2n) is 5.59. The summed E-state index contributed by atoms with van der Waals surface area (Å²) in [6.45, 7) is 0.367. The van der Waals surface area contributed by atoms with E-state index in [0.717, 1.165) is 16.6 Å². The van der Waals surface area contributed by atoms with Crippen LogP contribution in [0.4, 0.5) is 11.5 Å². The summed E-state index contributed by atoms with van der Waals surface area (Å²) in [5, 5.41) is 7.28. The van der Waals surface area contributed by atoms with Gasteiger partial charge in [0.1, 0.15) is 18.2 Å². The Labute approximate surface area is 160 Å². The maximum atomic E-state index is 12.1. The summed E-state index contributed by atoms with van der Waals surface area (Å²) in [4.78, 5) is 20.7. The molecule has 134 valence electrons. The quantitative estimate of drug-likeness (QED) is 0.561. The lowest BCUT2D eigenvalue weighted by molar-refractivity contribution is -0.122. The highest BCUT2D eigenvalue weighted by Crippen LogP contribution is 2.26. The average molecular weight is 390 g/mol. The fourth-order valence-corrected chi connectivity index (χ4v) is 2.79. The summed E-state index contributed by atoms with van der Waals surface area (Å²) in [6, 6.07) is 11.9. The Morgan fingerprint density at radius 3 is 2.81 bits per heavy atom. The second kappa shape index (κ2) is 8.31. The lowest BCUT2D eigenvalue weighted by Crippen LogP contribution is -2.35. The van der Waals surface area contributed by atoms with Gasteiger partial charge in [0.05, 0.1) is 5.52 Å². The molecule has 6 nitrogen and oxygen atoms in total. The van der Waals surface area contributed by atoms with Crippen molar-refractivity contribution in [3.63, 3.8) is 0 Å². The van der Waals surface area contributed by atoms with Crippen molar-refractivity contribution in [2.75, 3.05) is 17.7 Å². The van der Waals surface area contributed by atoms with Crippen molar-refractivity contribution in [3.05, 3.63) is 59.4 Å². The van der Waals surface area contributed by atoms with Gasteiger partial charge in [-0.15, -0.1) is 11.6 Å². The molecular weight excluding hydrogens is 373 g/mol. The first-order chi connectivity index (χ1) is 12.6. The van der Waals surface area contributed by atoms with Gasteiger partial charge >= 0.3 is 0 Å². The van der Waals surface area contributed by atoms with E-state index < -0.39 is 6.04 Å². The predicted octanol–water partition coefficient (Wildman–Crippen LogP) is 3.38. The molecule has 0 aliphatic carbocycles. The molecule has 1 heterocycles. The Hall–Kier alpha value is -2.41. The number of nitrogens with one attached hydrogen (secondary N) is 2. The third kappa shape index (κ3) is 4.22. The molecule has 0 radical (unpaired) electrons. The van der Waals surface area contributed by atoms with Gasteiger partial charge in [-0.05, 0) is 35.9 Å². The Bertz CT molecular complexity index is 934. The van der Waals surface area contributed by atoms with Crippen LogP contribution < -0.4 is 16.4 Å². The lowest BCUT2D eigenvalue weighted by atomic mass is 10.0. The number of nitrogens with two attached hydrogens (primary N) is 1. The zero-order valence-corrected chi connectivity index (χ0v) is 15.3. The van der Waals surface area contributed by atoms with E-state index in [9.17, 15) is 4.79 Å². The summed E-state index contributed by atoms with van der Waals surface area (Å²) in [6.07, 6.45) is 1.47. The Morgan fingerprint density at radius 1 is 1.19 bits per heavy atom. The molecule has 8 heteroatoms. The number of benzene rings is 2. The first kappa shape index (κ1) is 18.4. The summed E-state index contributed by atoms with van der Waals surface area (Å²) in [5.74, 6) is 0.649. The number of fused-ring (bicyclic) bond motifs is 1. The highest BCUT2D eigenvalue weighted by Gasteiger charge is 2.16. The summed E-state index contributed by atoms with van der Waals surface area (Å²) in [5.41, 5.74) is 8.26. The smallest absolute Gasteiger partial charge is 0.241 e. The minimum atomic E-state index is -0.804. The number of alkyl halides is 1. The van der Waals surface area contributed by atoms with Crippen LogP contribution in [0.1, 0.15) is 11.6 Å². The van der Waals surface area contributed by atoms with Crippen molar-refractivity contribution in [3.8, 4) is 0 Å². The number of aromatic nitrogens is 2. The van der Waals surface area contributed by atoms with Crippen molar-refractivity contribution in [1.82, 2.24) is 15.3 Å². The minimum absolute atomic E-state index is 0.286. The van der Waals surface area contributed by atoms with Gasteiger partial charge in [0.25, 0.3) is 0 Å². The van der Waals surface area contributed by atoms with Crippen LogP contribution in [0.15, 0.2) is 48.8 Å². The second-order valence-corrected chi connectivity index (χ2v) is 6.41. The molecule has 1 atom stereocenters. The average Bonchev–Trinajstić information content (AvgIpc) is 2.65. The van der Waals surface area contributed by atoms with Gasteiger partial charge in [-0.1, -0.05) is 23.7 Å². The molecule has 3 aromatic rings. The van der Waals surface area contributed by atoms with Gasteiger partial charge in [-0.2, -0.15) is 0 Å². The Kier molecular flexibility index (Phi) is 5.88. The van der Waals surface area contributed by atoms with Crippen LogP contribution in [0, 0.1) is 0 Å². The highest BCUT2D eigenvalue weighted by atomic mass is 35.5. The summed E-state index contributed by atoms with van der Waals surface area (Å²) < 4.78 is 0.